The molecule has 0 fully saturated rings. The standard InChI is InChI=1S/C104H68N2O4/c1-103(2)88-32-12-9-27-79(88)81-50-44-70(58-90(81)103)105(68-23-15-21-64(55-68)73-30-17-35-94-97(73)86-48-39-61-19-5-7-25-76(61)100(86)109-94)67-42-37-63(38-43-67)78-54-53-75(99-85-29-11-14-34-93(85)108-102(78)99)66-41-47-80-82-51-45-71(59-91(82)104(3,4)89(80)57-66)106(72-46-52-84-83-28-10-13-33-92(83)107-96(84)60-72)69-24-16-22-65(56-69)74-31-18-36-95-98(74)87-49-40-62-20-6-8-26-77(62)101(87)110-95/h5-60H,1-4H3. The molecule has 0 atom stereocenters. The molecule has 0 unspecified atom stereocenters. The van der Waals surface area contributed by atoms with Gasteiger partial charge in [-0.3, -0.25) is 0 Å². The highest BCUT2D eigenvalue weighted by atomic mass is 16.3. The van der Waals surface area contributed by atoms with Crippen molar-refractivity contribution in [3.8, 4) is 66.8 Å². The minimum atomic E-state index is -0.386. The zero-order valence-corrected chi connectivity index (χ0v) is 60.9. The summed E-state index contributed by atoms with van der Waals surface area (Å²) in [5.41, 5.74) is 31.7. The average Bonchev–Trinajstić information content (AvgIpc) is 1.56. The monoisotopic (exact) mass is 1410 g/mol. The van der Waals surface area contributed by atoms with Gasteiger partial charge in [0.2, 0.25) is 0 Å². The summed E-state index contributed by atoms with van der Waals surface area (Å²) in [7, 11) is 0. The van der Waals surface area contributed by atoms with Gasteiger partial charge in [-0.1, -0.05) is 240 Å². The molecule has 0 amide bonds. The van der Waals surface area contributed by atoms with Crippen molar-refractivity contribution < 1.29 is 17.7 Å². The van der Waals surface area contributed by atoms with E-state index >= 15 is 0 Å². The fourth-order valence-electron chi connectivity index (χ4n) is 18.9. The molecule has 23 rings (SSSR count). The lowest BCUT2D eigenvalue weighted by atomic mass is 9.81. The molecule has 518 valence electrons. The number of hydrogen-bond acceptors (Lipinski definition) is 6. The average molecular weight is 1410 g/mol. The Bertz CT molecular complexity index is 7500. The first-order valence-electron chi connectivity index (χ1n) is 38.0. The number of furan rings is 4. The third-order valence-electron chi connectivity index (χ3n) is 24.2. The van der Waals surface area contributed by atoms with Gasteiger partial charge in [-0.2, -0.15) is 0 Å². The van der Waals surface area contributed by atoms with Crippen molar-refractivity contribution in [3.63, 3.8) is 0 Å². The smallest absolute Gasteiger partial charge is 0.143 e. The Kier molecular flexibility index (Phi) is 13.2. The van der Waals surface area contributed by atoms with Crippen LogP contribution in [0.2, 0.25) is 0 Å². The van der Waals surface area contributed by atoms with Crippen LogP contribution >= 0.6 is 0 Å². The van der Waals surface area contributed by atoms with E-state index in [9.17, 15) is 0 Å². The van der Waals surface area contributed by atoms with Crippen LogP contribution in [0.15, 0.2) is 357 Å². The summed E-state index contributed by atoms with van der Waals surface area (Å²) < 4.78 is 27.2. The van der Waals surface area contributed by atoms with Gasteiger partial charge < -0.3 is 27.5 Å². The van der Waals surface area contributed by atoms with Gasteiger partial charge in [0.1, 0.15) is 44.7 Å². The maximum absolute atomic E-state index is 7.11. The molecule has 0 aliphatic heterocycles. The fraction of sp³-hybridized carbons (Fsp3) is 0.0577. The predicted octanol–water partition coefficient (Wildman–Crippen LogP) is 29.8. The first kappa shape index (κ1) is 62.3. The Balaban J connectivity index is 0.618. The minimum absolute atomic E-state index is 0.198. The van der Waals surface area contributed by atoms with Crippen LogP contribution in [0.5, 0.6) is 0 Å². The van der Waals surface area contributed by atoms with Crippen LogP contribution in [-0.4, -0.2) is 0 Å². The topological polar surface area (TPSA) is 59.0 Å². The fourth-order valence-corrected chi connectivity index (χ4v) is 18.9. The molecule has 0 radical (unpaired) electrons. The van der Waals surface area contributed by atoms with Crippen LogP contribution in [0, 0.1) is 0 Å². The van der Waals surface area contributed by atoms with E-state index in [-0.39, 0.29) is 10.8 Å². The van der Waals surface area contributed by atoms with Gasteiger partial charge in [0, 0.05) is 110 Å². The number of fused-ring (bicyclic) bond motifs is 22. The predicted molar refractivity (Wildman–Crippen MR) is 457 cm³/mol. The lowest BCUT2D eigenvalue weighted by Crippen LogP contribution is -2.16. The van der Waals surface area contributed by atoms with Gasteiger partial charge in [0.15, 0.2) is 0 Å². The largest absolute Gasteiger partial charge is 0.456 e. The number of rotatable bonds is 10. The number of hydrogen-bond donors (Lipinski definition) is 0. The van der Waals surface area contributed by atoms with Crippen molar-refractivity contribution in [3.05, 3.63) is 362 Å². The van der Waals surface area contributed by atoms with Crippen LogP contribution in [-0.2, 0) is 10.8 Å². The van der Waals surface area contributed by atoms with Gasteiger partial charge in [0.05, 0.1) is 0 Å². The third-order valence-corrected chi connectivity index (χ3v) is 24.2. The van der Waals surface area contributed by atoms with Gasteiger partial charge in [0.25, 0.3) is 0 Å². The maximum Gasteiger partial charge on any atom is 0.143 e. The van der Waals surface area contributed by atoms with E-state index in [2.05, 4.69) is 371 Å². The van der Waals surface area contributed by atoms with Gasteiger partial charge in [-0.15, -0.1) is 0 Å². The van der Waals surface area contributed by atoms with E-state index in [4.69, 9.17) is 17.7 Å². The third kappa shape index (κ3) is 9.17. The van der Waals surface area contributed by atoms with Crippen LogP contribution in [0.1, 0.15) is 49.9 Å². The SMILES string of the molecule is CC1(C)c2ccccc2-c2ccc(N(c3ccc(-c4ccc(-c5ccc6c(c5)C(C)(C)c5cc(N(c7cccc(-c8cccc9oc%10c%11ccccc%11ccc%10c89)c7)c7ccc8c(c7)oc7ccccc78)ccc5-6)c5c4oc4ccccc45)cc3)c3cccc(-c4cccc5oc6c7ccccc7ccc6c45)c3)cc21. The Morgan fingerprint density at radius 2 is 0.591 bits per heavy atom. The summed E-state index contributed by atoms with van der Waals surface area (Å²) in [4.78, 5) is 4.82. The van der Waals surface area contributed by atoms with Crippen molar-refractivity contribution >= 4 is 143 Å². The van der Waals surface area contributed by atoms with Crippen molar-refractivity contribution in [2.75, 3.05) is 9.80 Å². The number of benzene rings is 17. The van der Waals surface area contributed by atoms with E-state index in [0.29, 0.717) is 0 Å². The van der Waals surface area contributed by atoms with Crippen molar-refractivity contribution in [1.82, 2.24) is 0 Å². The Morgan fingerprint density at radius 1 is 0.200 bits per heavy atom. The first-order valence-corrected chi connectivity index (χ1v) is 38.0. The van der Waals surface area contributed by atoms with Crippen LogP contribution in [0.3, 0.4) is 0 Å². The second-order valence-electron chi connectivity index (χ2n) is 31.0. The van der Waals surface area contributed by atoms with Gasteiger partial charge in [-0.05, 0) is 216 Å². The van der Waals surface area contributed by atoms with Crippen molar-refractivity contribution in [2.45, 2.75) is 38.5 Å². The van der Waals surface area contributed by atoms with E-state index in [0.717, 1.165) is 188 Å². The lowest BCUT2D eigenvalue weighted by molar-refractivity contribution is 0.660. The molecule has 0 bridgehead atoms. The molecule has 2 aliphatic rings. The molecule has 0 saturated heterocycles. The van der Waals surface area contributed by atoms with E-state index in [1.165, 1.54) is 44.5 Å². The molecule has 4 heterocycles. The summed E-state index contributed by atoms with van der Waals surface area (Å²) in [6.07, 6.45) is 0. The van der Waals surface area contributed by atoms with E-state index in [1.54, 1.807) is 0 Å². The molecule has 0 N–H and O–H groups in total. The molecule has 6 nitrogen and oxygen atoms in total. The second-order valence-corrected chi connectivity index (χ2v) is 31.0. The number of anilines is 6. The van der Waals surface area contributed by atoms with E-state index < -0.39 is 0 Å². The Labute approximate surface area is 634 Å². The highest BCUT2D eigenvalue weighted by molar-refractivity contribution is 6.22. The Morgan fingerprint density at radius 3 is 1.23 bits per heavy atom. The van der Waals surface area contributed by atoms with Gasteiger partial charge >= 0.3 is 0 Å². The molecule has 6 heteroatoms. The summed E-state index contributed by atoms with van der Waals surface area (Å²) >= 11 is 0. The summed E-state index contributed by atoms with van der Waals surface area (Å²) in [5.74, 6) is 0. The number of para-hydroxylation sites is 2. The highest BCUT2D eigenvalue weighted by Gasteiger charge is 2.39. The molecular formula is C104H68N2O4. The lowest BCUT2D eigenvalue weighted by Gasteiger charge is -2.28. The molecule has 4 aromatic heterocycles. The van der Waals surface area contributed by atoms with E-state index in [1.807, 2.05) is 6.07 Å². The Hall–Kier alpha value is -13.9. The quantitative estimate of drug-likeness (QED) is 0.136. The highest BCUT2D eigenvalue weighted by Crippen LogP contribution is 2.56. The van der Waals surface area contributed by atoms with Crippen LogP contribution in [0.25, 0.3) is 176 Å². The molecule has 0 saturated carbocycles. The molecule has 0 spiro atoms. The maximum atomic E-state index is 7.11. The summed E-state index contributed by atoms with van der Waals surface area (Å²) in [6.45, 7) is 9.49. The molecule has 17 aromatic carbocycles. The molecule has 2 aliphatic carbocycles. The minimum Gasteiger partial charge on any atom is -0.456 e. The van der Waals surface area contributed by atoms with Crippen molar-refractivity contribution in [2.24, 2.45) is 0 Å². The second kappa shape index (κ2) is 23.3. The summed E-state index contributed by atoms with van der Waals surface area (Å²) in [5, 5.41) is 13.3. The molecular weight excluding hydrogens is 1340 g/mol. The normalized spacial score (nSPS) is 13.4. The summed E-state index contributed by atoms with van der Waals surface area (Å²) in [6, 6.07) is 124. The van der Waals surface area contributed by atoms with Gasteiger partial charge in [-0.25, -0.2) is 0 Å². The zero-order valence-electron chi connectivity index (χ0n) is 60.9. The number of nitrogens with zero attached hydrogens (tertiary/aromatic N) is 2. The molecule has 21 aromatic rings. The zero-order chi connectivity index (χ0) is 72.8. The first-order chi connectivity index (χ1) is 54.0. The van der Waals surface area contributed by atoms with Crippen LogP contribution < -0.4 is 9.80 Å². The van der Waals surface area contributed by atoms with Crippen molar-refractivity contribution in [1.29, 1.82) is 0 Å². The van der Waals surface area contributed by atoms with Crippen LogP contribution in [0.4, 0.5) is 34.1 Å². The molecule has 110 heavy (non-hydrogen) atoms.